The molecule has 0 radical (unpaired) electrons. The first-order valence-electron chi connectivity index (χ1n) is 10.1. The molecule has 0 aromatic heterocycles. The zero-order chi connectivity index (χ0) is 22.0. The Balaban J connectivity index is 1.76. The van der Waals surface area contributed by atoms with Crippen molar-refractivity contribution in [3.8, 4) is 11.5 Å². The minimum atomic E-state index is -0.969. The molecule has 2 atom stereocenters. The van der Waals surface area contributed by atoms with Crippen LogP contribution >= 0.6 is 11.8 Å². The van der Waals surface area contributed by atoms with Crippen molar-refractivity contribution in [3.63, 3.8) is 0 Å². The van der Waals surface area contributed by atoms with Crippen molar-refractivity contribution in [3.05, 3.63) is 95.1 Å². The van der Waals surface area contributed by atoms with Crippen LogP contribution in [0.1, 0.15) is 35.1 Å². The van der Waals surface area contributed by atoms with Crippen molar-refractivity contribution in [2.24, 2.45) is 0 Å². The van der Waals surface area contributed by atoms with Crippen LogP contribution < -0.4 is 0 Å². The molecule has 158 valence electrons. The second-order valence-corrected chi connectivity index (χ2v) is 9.17. The van der Waals surface area contributed by atoms with E-state index >= 15 is 0 Å². The number of carboxylic acids is 1. The van der Waals surface area contributed by atoms with Gasteiger partial charge in [-0.2, -0.15) is 0 Å². The number of hydrogen-bond acceptors (Lipinski definition) is 4. The van der Waals surface area contributed by atoms with Crippen molar-refractivity contribution >= 4 is 23.8 Å². The van der Waals surface area contributed by atoms with Crippen LogP contribution in [0.5, 0.6) is 11.5 Å². The molecule has 4 rings (SSSR count). The van der Waals surface area contributed by atoms with Gasteiger partial charge in [-0.15, -0.1) is 11.8 Å². The van der Waals surface area contributed by atoms with Gasteiger partial charge in [0.15, 0.2) is 0 Å². The Hall–Kier alpha value is -3.18. The fourth-order valence-corrected chi connectivity index (χ4v) is 5.70. The normalized spacial score (nSPS) is 20.5. The Bertz CT molecular complexity index is 1140. The van der Waals surface area contributed by atoms with Gasteiger partial charge in [-0.1, -0.05) is 49.4 Å². The molecular formula is C26H24O4S. The van der Waals surface area contributed by atoms with Crippen molar-refractivity contribution in [2.45, 2.75) is 29.6 Å². The summed E-state index contributed by atoms with van der Waals surface area (Å²) in [6, 6.07) is 20.9. The van der Waals surface area contributed by atoms with Gasteiger partial charge in [-0.3, -0.25) is 0 Å². The fraction of sp³-hybridized carbons (Fsp3) is 0.192. The van der Waals surface area contributed by atoms with Crippen molar-refractivity contribution in [1.82, 2.24) is 0 Å². The van der Waals surface area contributed by atoms with E-state index in [4.69, 9.17) is 5.11 Å². The number of carboxylic acid groups (broad SMARTS) is 1. The third kappa shape index (κ3) is 4.47. The highest BCUT2D eigenvalue weighted by molar-refractivity contribution is 7.99. The summed E-state index contributed by atoms with van der Waals surface area (Å²) in [5.74, 6) is 0.530. The van der Waals surface area contributed by atoms with Gasteiger partial charge in [0.1, 0.15) is 11.5 Å². The lowest BCUT2D eigenvalue weighted by molar-refractivity contribution is -0.131. The van der Waals surface area contributed by atoms with E-state index < -0.39 is 5.97 Å². The molecule has 0 fully saturated rings. The molecule has 31 heavy (non-hydrogen) atoms. The molecule has 0 amide bonds. The molecule has 2 unspecified atom stereocenters. The van der Waals surface area contributed by atoms with E-state index in [-0.39, 0.29) is 22.8 Å². The van der Waals surface area contributed by atoms with Crippen molar-refractivity contribution in [1.29, 1.82) is 0 Å². The summed E-state index contributed by atoms with van der Waals surface area (Å²) in [7, 11) is 0. The van der Waals surface area contributed by atoms with E-state index in [1.807, 2.05) is 42.5 Å². The van der Waals surface area contributed by atoms with Crippen LogP contribution in [0, 0.1) is 0 Å². The molecule has 0 bridgehead atoms. The van der Waals surface area contributed by atoms with Crippen molar-refractivity contribution < 1.29 is 20.1 Å². The van der Waals surface area contributed by atoms with E-state index in [0.29, 0.717) is 0 Å². The lowest BCUT2D eigenvalue weighted by atomic mass is 9.67. The predicted molar refractivity (Wildman–Crippen MR) is 124 cm³/mol. The lowest BCUT2D eigenvalue weighted by Gasteiger charge is -2.43. The molecule has 0 aliphatic carbocycles. The van der Waals surface area contributed by atoms with Gasteiger partial charge < -0.3 is 15.3 Å². The number of aliphatic carboxylic acids is 1. The van der Waals surface area contributed by atoms with Crippen LogP contribution in [0.25, 0.3) is 6.08 Å². The molecule has 1 aliphatic rings. The Labute approximate surface area is 185 Å². The predicted octanol–water partition coefficient (Wildman–Crippen LogP) is 5.59. The van der Waals surface area contributed by atoms with Gasteiger partial charge in [0.05, 0.1) is 0 Å². The van der Waals surface area contributed by atoms with Gasteiger partial charge in [-0.25, -0.2) is 4.79 Å². The van der Waals surface area contributed by atoms with Gasteiger partial charge in [0.25, 0.3) is 0 Å². The molecule has 0 saturated carbocycles. The standard InChI is InChI=1S/C26H24O4S/c1-26(19-6-8-20(27)9-7-19)16-31-24-15-21(28)10-11-22(24)23(26)14-18-4-2-3-17(13-18)5-12-25(29)30/h2-13,15,23,27-28H,14,16H2,1H3,(H,29,30). The molecular weight excluding hydrogens is 408 g/mol. The third-order valence-corrected chi connectivity index (χ3v) is 7.41. The van der Waals surface area contributed by atoms with Crippen molar-refractivity contribution in [2.75, 3.05) is 5.75 Å². The van der Waals surface area contributed by atoms with E-state index in [2.05, 4.69) is 13.0 Å². The third-order valence-electron chi connectivity index (χ3n) is 6.01. The lowest BCUT2D eigenvalue weighted by Crippen LogP contribution is -2.37. The number of thioether (sulfide) groups is 1. The molecule has 3 aromatic rings. The zero-order valence-electron chi connectivity index (χ0n) is 17.2. The summed E-state index contributed by atoms with van der Waals surface area (Å²) >= 11 is 1.74. The number of fused-ring (bicyclic) bond motifs is 1. The van der Waals surface area contributed by atoms with Gasteiger partial charge in [0, 0.05) is 22.1 Å². The molecule has 0 spiro atoms. The van der Waals surface area contributed by atoms with Crippen LogP contribution in [0.2, 0.25) is 0 Å². The van der Waals surface area contributed by atoms with Crippen LogP contribution in [0.3, 0.4) is 0 Å². The molecule has 3 N–H and O–H groups in total. The number of hydrogen-bond donors (Lipinski definition) is 3. The number of carbonyl (C=O) groups is 1. The highest BCUT2D eigenvalue weighted by Gasteiger charge is 2.41. The summed E-state index contributed by atoms with van der Waals surface area (Å²) in [6.07, 6.45) is 3.52. The van der Waals surface area contributed by atoms with Crippen LogP contribution in [0.15, 0.2) is 77.7 Å². The Kier molecular flexibility index (Phi) is 5.79. The van der Waals surface area contributed by atoms with E-state index in [1.165, 1.54) is 5.56 Å². The SMILES string of the molecule is CC1(c2ccc(O)cc2)CSc2cc(O)ccc2C1Cc1cccc(C=CC(=O)O)c1. The number of phenols is 2. The monoisotopic (exact) mass is 432 g/mol. The maximum absolute atomic E-state index is 10.9. The number of aromatic hydroxyl groups is 2. The highest BCUT2D eigenvalue weighted by Crippen LogP contribution is 2.52. The summed E-state index contributed by atoms with van der Waals surface area (Å²) in [5, 5.41) is 28.7. The van der Waals surface area contributed by atoms with E-state index in [1.54, 1.807) is 36.0 Å². The smallest absolute Gasteiger partial charge is 0.328 e. The Morgan fingerprint density at radius 2 is 1.81 bits per heavy atom. The highest BCUT2D eigenvalue weighted by atomic mass is 32.2. The number of benzene rings is 3. The maximum Gasteiger partial charge on any atom is 0.328 e. The summed E-state index contributed by atoms with van der Waals surface area (Å²) in [6.45, 7) is 2.25. The Morgan fingerprint density at radius 3 is 2.55 bits per heavy atom. The van der Waals surface area contributed by atoms with E-state index in [9.17, 15) is 15.0 Å². The maximum atomic E-state index is 10.9. The van der Waals surface area contributed by atoms with Gasteiger partial charge in [0.2, 0.25) is 0 Å². The quantitative estimate of drug-likeness (QED) is 0.459. The topological polar surface area (TPSA) is 77.8 Å². The Morgan fingerprint density at radius 1 is 1.06 bits per heavy atom. The second kappa shape index (κ2) is 8.52. The number of phenolic OH excluding ortho intramolecular Hbond substituents is 2. The largest absolute Gasteiger partial charge is 0.508 e. The van der Waals surface area contributed by atoms with E-state index in [0.717, 1.165) is 39.8 Å². The molecule has 0 saturated heterocycles. The van der Waals surface area contributed by atoms with Gasteiger partial charge in [-0.05, 0) is 64.9 Å². The van der Waals surface area contributed by atoms with Crippen LogP contribution in [0.4, 0.5) is 0 Å². The van der Waals surface area contributed by atoms with Crippen LogP contribution in [-0.4, -0.2) is 27.0 Å². The van der Waals surface area contributed by atoms with Gasteiger partial charge >= 0.3 is 5.97 Å². The first kappa shape index (κ1) is 21.1. The molecule has 5 heteroatoms. The minimum Gasteiger partial charge on any atom is -0.508 e. The number of rotatable bonds is 5. The summed E-state index contributed by atoms with van der Waals surface area (Å²) < 4.78 is 0. The second-order valence-electron chi connectivity index (χ2n) is 8.15. The first-order valence-corrected chi connectivity index (χ1v) is 11.1. The van der Waals surface area contributed by atoms with Crippen LogP contribution in [-0.2, 0) is 16.6 Å². The zero-order valence-corrected chi connectivity index (χ0v) is 18.0. The minimum absolute atomic E-state index is 0.146. The average Bonchev–Trinajstić information content (AvgIpc) is 2.75. The first-order chi connectivity index (χ1) is 14.8. The molecule has 4 nitrogen and oxygen atoms in total. The average molecular weight is 433 g/mol. The molecule has 1 aliphatic heterocycles. The summed E-state index contributed by atoms with van der Waals surface area (Å²) in [4.78, 5) is 12.0. The molecule has 1 heterocycles. The molecule has 3 aromatic carbocycles. The fourth-order valence-electron chi connectivity index (χ4n) is 4.30. The summed E-state index contributed by atoms with van der Waals surface area (Å²) in [5.41, 5.74) is 4.13.